The van der Waals surface area contributed by atoms with Crippen LogP contribution in [0.1, 0.15) is 40.0 Å². The Hall–Kier alpha value is -0.320. The van der Waals surface area contributed by atoms with Gasteiger partial charge in [-0.05, 0) is 25.7 Å². The number of hydrogen-bond donors (Lipinski definition) is 1. The molecule has 1 aliphatic rings. The number of ether oxygens (including phenoxy) is 1. The van der Waals surface area contributed by atoms with E-state index in [0.717, 1.165) is 32.4 Å². The van der Waals surface area contributed by atoms with E-state index in [1.165, 1.54) is 0 Å². The van der Waals surface area contributed by atoms with E-state index in [9.17, 15) is 4.79 Å². The molecule has 1 heterocycles. The highest BCUT2D eigenvalue weighted by Crippen LogP contribution is 2.32. The Morgan fingerprint density at radius 3 is 2.37 bits per heavy atom. The summed E-state index contributed by atoms with van der Waals surface area (Å²) >= 11 is 0. The van der Waals surface area contributed by atoms with Gasteiger partial charge in [-0.1, -0.05) is 20.3 Å². The monoisotopic (exact) mass is 292 g/mol. The fourth-order valence-corrected chi connectivity index (χ4v) is 2.46. The standard InChI is InChI=1S/C14H28N2O2.ClH/c1-4-12(3)10-16(5-2)13(17)14(11-15)6-8-18-9-7-14;/h12H,4-11,15H2,1-3H3;1H. The first-order chi connectivity index (χ1) is 8.59. The second kappa shape index (κ2) is 8.77. The van der Waals surface area contributed by atoms with E-state index < -0.39 is 0 Å². The fourth-order valence-electron chi connectivity index (χ4n) is 2.46. The third kappa shape index (κ3) is 4.62. The maximum atomic E-state index is 12.7. The Kier molecular flexibility index (Phi) is 8.62. The van der Waals surface area contributed by atoms with Crippen molar-refractivity contribution in [2.45, 2.75) is 40.0 Å². The molecule has 0 radical (unpaired) electrons. The molecule has 1 fully saturated rings. The highest BCUT2D eigenvalue weighted by atomic mass is 35.5. The van der Waals surface area contributed by atoms with Gasteiger partial charge in [0.1, 0.15) is 0 Å². The van der Waals surface area contributed by atoms with Gasteiger partial charge >= 0.3 is 0 Å². The highest BCUT2D eigenvalue weighted by Gasteiger charge is 2.41. The molecule has 0 aromatic heterocycles. The van der Waals surface area contributed by atoms with E-state index in [1.54, 1.807) is 0 Å². The zero-order valence-corrected chi connectivity index (χ0v) is 13.3. The van der Waals surface area contributed by atoms with Gasteiger partial charge in [0.15, 0.2) is 0 Å². The molecule has 1 unspecified atom stereocenters. The van der Waals surface area contributed by atoms with Crippen molar-refractivity contribution < 1.29 is 9.53 Å². The van der Waals surface area contributed by atoms with Crippen LogP contribution < -0.4 is 5.73 Å². The van der Waals surface area contributed by atoms with Gasteiger partial charge in [-0.15, -0.1) is 12.4 Å². The third-order valence-electron chi connectivity index (χ3n) is 4.19. The first-order valence-electron chi connectivity index (χ1n) is 7.16. The highest BCUT2D eigenvalue weighted by molar-refractivity contribution is 5.85. The van der Waals surface area contributed by atoms with Gasteiger partial charge in [0.25, 0.3) is 0 Å². The summed E-state index contributed by atoms with van der Waals surface area (Å²) in [4.78, 5) is 14.7. The van der Waals surface area contributed by atoms with Crippen LogP contribution in [0, 0.1) is 11.3 Å². The molecule has 1 amide bonds. The van der Waals surface area contributed by atoms with Gasteiger partial charge in [-0.3, -0.25) is 4.79 Å². The molecule has 0 aromatic rings. The number of hydrogen-bond acceptors (Lipinski definition) is 3. The largest absolute Gasteiger partial charge is 0.381 e. The van der Waals surface area contributed by atoms with Crippen LogP contribution in [-0.2, 0) is 9.53 Å². The number of nitrogens with zero attached hydrogens (tertiary/aromatic N) is 1. The van der Waals surface area contributed by atoms with Crippen LogP contribution in [-0.4, -0.2) is 43.7 Å². The van der Waals surface area contributed by atoms with Crippen molar-refractivity contribution in [3.8, 4) is 0 Å². The van der Waals surface area contributed by atoms with Crippen LogP contribution in [0.25, 0.3) is 0 Å². The summed E-state index contributed by atoms with van der Waals surface area (Å²) in [7, 11) is 0. The van der Waals surface area contributed by atoms with E-state index in [4.69, 9.17) is 10.5 Å². The van der Waals surface area contributed by atoms with Crippen LogP contribution in [0.2, 0.25) is 0 Å². The van der Waals surface area contributed by atoms with Gasteiger partial charge in [0, 0.05) is 32.8 Å². The SMILES string of the molecule is CCC(C)CN(CC)C(=O)C1(CN)CCOCC1.Cl. The molecule has 19 heavy (non-hydrogen) atoms. The van der Waals surface area contributed by atoms with Crippen molar-refractivity contribution in [3.05, 3.63) is 0 Å². The number of carbonyl (C=O) groups is 1. The number of rotatable bonds is 6. The molecule has 0 spiro atoms. The van der Waals surface area contributed by atoms with Crippen molar-refractivity contribution in [3.63, 3.8) is 0 Å². The molecule has 2 N–H and O–H groups in total. The van der Waals surface area contributed by atoms with E-state index >= 15 is 0 Å². The summed E-state index contributed by atoms with van der Waals surface area (Å²) < 4.78 is 5.37. The van der Waals surface area contributed by atoms with Gasteiger partial charge < -0.3 is 15.4 Å². The Morgan fingerprint density at radius 1 is 1.37 bits per heavy atom. The predicted molar refractivity (Wildman–Crippen MR) is 80.5 cm³/mol. The Morgan fingerprint density at radius 2 is 1.95 bits per heavy atom. The average molecular weight is 293 g/mol. The van der Waals surface area contributed by atoms with Crippen molar-refractivity contribution >= 4 is 18.3 Å². The second-order valence-corrected chi connectivity index (χ2v) is 5.45. The molecule has 1 atom stereocenters. The lowest BCUT2D eigenvalue weighted by molar-refractivity contribution is -0.147. The molecular weight excluding hydrogens is 264 g/mol. The molecule has 0 saturated carbocycles. The first-order valence-corrected chi connectivity index (χ1v) is 7.16. The predicted octanol–water partition coefficient (Wildman–Crippen LogP) is 2.06. The lowest BCUT2D eigenvalue weighted by Gasteiger charge is -2.39. The lowest BCUT2D eigenvalue weighted by Crippen LogP contribution is -2.51. The van der Waals surface area contributed by atoms with E-state index in [0.29, 0.717) is 25.7 Å². The molecular formula is C14H29ClN2O2. The van der Waals surface area contributed by atoms with Gasteiger partial charge in [-0.2, -0.15) is 0 Å². The summed E-state index contributed by atoms with van der Waals surface area (Å²) in [6.07, 6.45) is 2.63. The summed E-state index contributed by atoms with van der Waals surface area (Å²) in [5.41, 5.74) is 5.52. The number of halogens is 1. The van der Waals surface area contributed by atoms with Crippen LogP contribution in [0.15, 0.2) is 0 Å². The molecule has 0 aromatic carbocycles. The van der Waals surface area contributed by atoms with E-state index in [2.05, 4.69) is 13.8 Å². The Labute approximate surface area is 123 Å². The molecule has 1 saturated heterocycles. The average Bonchev–Trinajstić information content (AvgIpc) is 2.44. The normalized spacial score (nSPS) is 19.4. The Bertz CT molecular complexity index is 268. The van der Waals surface area contributed by atoms with Crippen molar-refractivity contribution in [2.24, 2.45) is 17.1 Å². The van der Waals surface area contributed by atoms with Crippen molar-refractivity contribution in [2.75, 3.05) is 32.8 Å². The molecule has 0 bridgehead atoms. The summed E-state index contributed by atoms with van der Waals surface area (Å²) in [5.74, 6) is 0.777. The van der Waals surface area contributed by atoms with Gasteiger partial charge in [-0.25, -0.2) is 0 Å². The summed E-state index contributed by atoms with van der Waals surface area (Å²) in [5, 5.41) is 0. The number of amides is 1. The number of carbonyl (C=O) groups excluding carboxylic acids is 1. The topological polar surface area (TPSA) is 55.6 Å². The maximum absolute atomic E-state index is 12.7. The maximum Gasteiger partial charge on any atom is 0.230 e. The van der Waals surface area contributed by atoms with Gasteiger partial charge in [0.05, 0.1) is 5.41 Å². The molecule has 5 heteroatoms. The zero-order valence-electron chi connectivity index (χ0n) is 12.5. The second-order valence-electron chi connectivity index (χ2n) is 5.45. The van der Waals surface area contributed by atoms with E-state index in [-0.39, 0.29) is 23.7 Å². The smallest absolute Gasteiger partial charge is 0.230 e. The third-order valence-corrected chi connectivity index (χ3v) is 4.19. The number of nitrogens with two attached hydrogens (primary N) is 1. The lowest BCUT2D eigenvalue weighted by atomic mass is 9.78. The minimum Gasteiger partial charge on any atom is -0.381 e. The van der Waals surface area contributed by atoms with Crippen LogP contribution in [0.4, 0.5) is 0 Å². The van der Waals surface area contributed by atoms with Crippen LogP contribution in [0.3, 0.4) is 0 Å². The van der Waals surface area contributed by atoms with Crippen LogP contribution in [0.5, 0.6) is 0 Å². The molecule has 114 valence electrons. The molecule has 0 aliphatic carbocycles. The van der Waals surface area contributed by atoms with Crippen molar-refractivity contribution in [1.82, 2.24) is 4.90 Å². The first kappa shape index (κ1) is 18.7. The molecule has 1 aliphatic heterocycles. The summed E-state index contributed by atoms with van der Waals surface area (Å²) in [6.45, 7) is 9.76. The Balaban J connectivity index is 0.00000324. The van der Waals surface area contributed by atoms with Crippen LogP contribution >= 0.6 is 12.4 Å². The molecule has 4 nitrogen and oxygen atoms in total. The van der Waals surface area contributed by atoms with Crippen molar-refractivity contribution in [1.29, 1.82) is 0 Å². The summed E-state index contributed by atoms with van der Waals surface area (Å²) in [6, 6.07) is 0. The van der Waals surface area contributed by atoms with Gasteiger partial charge in [0.2, 0.25) is 5.91 Å². The van der Waals surface area contributed by atoms with E-state index in [1.807, 2.05) is 11.8 Å². The quantitative estimate of drug-likeness (QED) is 0.815. The minimum atomic E-state index is -0.373. The fraction of sp³-hybridized carbons (Fsp3) is 0.929. The minimum absolute atomic E-state index is 0. The zero-order chi connectivity index (χ0) is 13.6. The molecule has 1 rings (SSSR count).